The monoisotopic (exact) mass is 395 g/mol. The Morgan fingerprint density at radius 2 is 1.96 bits per heavy atom. The van der Waals surface area contributed by atoms with Crippen molar-refractivity contribution < 1.29 is 19.1 Å². The largest absolute Gasteiger partial charge is 0.456 e. The molecule has 1 saturated carbocycles. The van der Waals surface area contributed by atoms with Crippen LogP contribution in [-0.2, 0) is 14.3 Å². The minimum Gasteiger partial charge on any atom is -0.456 e. The number of carbonyl (C=O) groups is 3. The van der Waals surface area contributed by atoms with Crippen LogP contribution in [0.25, 0.3) is 0 Å². The van der Waals surface area contributed by atoms with E-state index in [0.29, 0.717) is 16.5 Å². The van der Waals surface area contributed by atoms with Gasteiger partial charge in [-0.25, -0.2) is 4.79 Å². The van der Waals surface area contributed by atoms with Gasteiger partial charge in [0.15, 0.2) is 6.61 Å². The molecule has 7 nitrogen and oxygen atoms in total. The second-order valence-electron chi connectivity index (χ2n) is 6.88. The van der Waals surface area contributed by atoms with E-state index in [1.165, 1.54) is 6.42 Å². The molecule has 27 heavy (non-hydrogen) atoms. The lowest BCUT2D eigenvalue weighted by molar-refractivity contribution is -0.149. The van der Waals surface area contributed by atoms with Gasteiger partial charge in [-0.3, -0.25) is 9.59 Å². The number of esters is 1. The van der Waals surface area contributed by atoms with Gasteiger partial charge in [0.05, 0.1) is 12.5 Å². The number of hydrogen-bond acceptors (Lipinski definition) is 4. The number of carbonyl (C=O) groups excluding carboxylic acids is 3. The normalized spacial score (nSPS) is 20.4. The summed E-state index contributed by atoms with van der Waals surface area (Å²) in [4.78, 5) is 35.4. The zero-order chi connectivity index (χ0) is 19.8. The minimum absolute atomic E-state index is 0.123. The van der Waals surface area contributed by atoms with Crippen molar-refractivity contribution in [1.82, 2.24) is 10.6 Å². The van der Waals surface area contributed by atoms with E-state index in [1.807, 2.05) is 0 Å². The third-order valence-electron chi connectivity index (χ3n) is 4.79. The van der Waals surface area contributed by atoms with Gasteiger partial charge in [-0.15, -0.1) is 0 Å². The first-order valence-corrected chi connectivity index (χ1v) is 9.50. The third kappa shape index (κ3) is 6.75. The second-order valence-corrected chi connectivity index (χ2v) is 7.29. The van der Waals surface area contributed by atoms with Crippen LogP contribution < -0.4 is 16.4 Å². The predicted octanol–water partition coefficient (Wildman–Crippen LogP) is 2.68. The van der Waals surface area contributed by atoms with Crippen molar-refractivity contribution in [3.8, 4) is 0 Å². The Kier molecular flexibility index (Phi) is 7.91. The van der Waals surface area contributed by atoms with Crippen molar-refractivity contribution in [2.45, 2.75) is 51.1 Å². The van der Waals surface area contributed by atoms with Gasteiger partial charge in [-0.2, -0.15) is 0 Å². The van der Waals surface area contributed by atoms with E-state index in [-0.39, 0.29) is 25.0 Å². The van der Waals surface area contributed by atoms with E-state index in [1.54, 1.807) is 24.3 Å². The fraction of sp³-hybridized carbons (Fsp3) is 0.526. The maximum Gasteiger partial charge on any atom is 0.312 e. The van der Waals surface area contributed by atoms with Crippen LogP contribution in [0.15, 0.2) is 24.3 Å². The summed E-state index contributed by atoms with van der Waals surface area (Å²) in [6.07, 6.45) is 4.12. The van der Waals surface area contributed by atoms with Gasteiger partial charge in [0.1, 0.15) is 0 Å². The molecule has 1 aliphatic carbocycles. The van der Waals surface area contributed by atoms with Crippen molar-refractivity contribution >= 4 is 29.5 Å². The number of primary amides is 1. The lowest BCUT2D eigenvalue weighted by atomic mass is 9.86. The Balaban J connectivity index is 1.87. The Morgan fingerprint density at radius 3 is 2.63 bits per heavy atom. The van der Waals surface area contributed by atoms with E-state index in [9.17, 15) is 14.4 Å². The molecular weight excluding hydrogens is 370 g/mol. The highest BCUT2D eigenvalue weighted by atomic mass is 35.5. The number of rotatable bonds is 7. The number of urea groups is 1. The lowest BCUT2D eigenvalue weighted by Gasteiger charge is -2.29. The summed E-state index contributed by atoms with van der Waals surface area (Å²) in [6.45, 7) is 1.76. The van der Waals surface area contributed by atoms with Crippen LogP contribution in [0.3, 0.4) is 0 Å². The van der Waals surface area contributed by atoms with Gasteiger partial charge in [0, 0.05) is 11.1 Å². The SMILES string of the molecule is C[C@@H]1CCCC[C@@H]1NC(=O)COC(=O)C[C@H](NC(N)=O)c1ccccc1Cl. The quantitative estimate of drug-likeness (QED) is 0.616. The number of nitrogens with two attached hydrogens (primary N) is 1. The zero-order valence-corrected chi connectivity index (χ0v) is 16.1. The van der Waals surface area contributed by atoms with Gasteiger partial charge >= 0.3 is 12.0 Å². The summed E-state index contributed by atoms with van der Waals surface area (Å²) in [7, 11) is 0. The molecule has 0 aromatic heterocycles. The minimum atomic E-state index is -0.781. The van der Waals surface area contributed by atoms with Crippen LogP contribution in [0.5, 0.6) is 0 Å². The Morgan fingerprint density at radius 1 is 1.26 bits per heavy atom. The maximum atomic E-state index is 12.1. The summed E-state index contributed by atoms with van der Waals surface area (Å²) >= 11 is 6.13. The lowest BCUT2D eigenvalue weighted by Crippen LogP contribution is -2.43. The summed E-state index contributed by atoms with van der Waals surface area (Å²) in [5.41, 5.74) is 5.74. The van der Waals surface area contributed by atoms with Crippen LogP contribution in [0.1, 0.15) is 50.6 Å². The highest BCUT2D eigenvalue weighted by Gasteiger charge is 2.24. The predicted molar refractivity (Wildman–Crippen MR) is 102 cm³/mol. The standard InChI is InChI=1S/C19H26ClN3O4/c1-12-6-2-5-9-15(12)22-17(24)11-27-18(25)10-16(23-19(21)26)13-7-3-4-8-14(13)20/h3-4,7-8,12,15-16H,2,5-6,9-11H2,1H3,(H,22,24)(H3,21,23,26)/t12-,15+,16+/m1/s1. The number of hydrogen-bond donors (Lipinski definition) is 3. The van der Waals surface area contributed by atoms with Crippen LogP contribution in [0.2, 0.25) is 5.02 Å². The van der Waals surface area contributed by atoms with Gasteiger partial charge in [0.25, 0.3) is 5.91 Å². The van der Waals surface area contributed by atoms with Crippen LogP contribution in [0, 0.1) is 5.92 Å². The average molecular weight is 396 g/mol. The zero-order valence-electron chi connectivity index (χ0n) is 15.4. The van der Waals surface area contributed by atoms with Crippen LogP contribution >= 0.6 is 11.6 Å². The number of nitrogens with one attached hydrogen (secondary N) is 2. The third-order valence-corrected chi connectivity index (χ3v) is 5.13. The smallest absolute Gasteiger partial charge is 0.312 e. The van der Waals surface area contributed by atoms with Gasteiger partial charge in [0.2, 0.25) is 0 Å². The Bertz CT molecular complexity index is 683. The topological polar surface area (TPSA) is 111 Å². The highest BCUT2D eigenvalue weighted by Crippen LogP contribution is 2.25. The van der Waals surface area contributed by atoms with Gasteiger partial charge in [-0.1, -0.05) is 49.6 Å². The summed E-state index contributed by atoms with van der Waals surface area (Å²) < 4.78 is 5.07. The summed E-state index contributed by atoms with van der Waals surface area (Å²) in [5, 5.41) is 5.80. The van der Waals surface area contributed by atoms with E-state index in [2.05, 4.69) is 17.6 Å². The van der Waals surface area contributed by atoms with Crippen molar-refractivity contribution in [2.75, 3.05) is 6.61 Å². The highest BCUT2D eigenvalue weighted by molar-refractivity contribution is 6.31. The first-order valence-electron chi connectivity index (χ1n) is 9.12. The molecule has 2 rings (SSSR count). The maximum absolute atomic E-state index is 12.1. The molecule has 0 heterocycles. The molecule has 8 heteroatoms. The van der Waals surface area contributed by atoms with E-state index < -0.39 is 18.0 Å². The summed E-state index contributed by atoms with van der Waals surface area (Å²) in [5.74, 6) is -0.525. The van der Waals surface area contributed by atoms with E-state index in [4.69, 9.17) is 22.1 Å². The first-order chi connectivity index (χ1) is 12.9. The molecule has 148 valence electrons. The van der Waals surface area contributed by atoms with Crippen molar-refractivity contribution in [2.24, 2.45) is 11.7 Å². The van der Waals surface area contributed by atoms with E-state index in [0.717, 1.165) is 19.3 Å². The van der Waals surface area contributed by atoms with Crippen molar-refractivity contribution in [3.63, 3.8) is 0 Å². The molecule has 3 amide bonds. The van der Waals surface area contributed by atoms with Crippen LogP contribution in [-0.4, -0.2) is 30.6 Å². The molecule has 4 N–H and O–H groups in total. The Labute approximate surface area is 164 Å². The second kappa shape index (κ2) is 10.2. The fourth-order valence-electron chi connectivity index (χ4n) is 3.32. The van der Waals surface area contributed by atoms with Gasteiger partial charge < -0.3 is 21.1 Å². The molecule has 0 saturated heterocycles. The molecule has 0 aliphatic heterocycles. The Hall–Kier alpha value is -2.28. The molecule has 1 aromatic rings. The molecular formula is C19H26ClN3O4. The van der Waals surface area contributed by atoms with Crippen molar-refractivity contribution in [3.05, 3.63) is 34.9 Å². The number of ether oxygens (including phenoxy) is 1. The molecule has 0 spiro atoms. The molecule has 0 bridgehead atoms. The molecule has 1 aliphatic rings. The van der Waals surface area contributed by atoms with Crippen molar-refractivity contribution in [1.29, 1.82) is 0 Å². The molecule has 1 fully saturated rings. The molecule has 0 radical (unpaired) electrons. The number of amides is 3. The fourth-order valence-corrected chi connectivity index (χ4v) is 3.59. The number of benzene rings is 1. The summed E-state index contributed by atoms with van der Waals surface area (Å²) in [6, 6.07) is 5.42. The van der Waals surface area contributed by atoms with E-state index >= 15 is 0 Å². The average Bonchev–Trinajstić information content (AvgIpc) is 2.61. The molecule has 1 aromatic carbocycles. The van der Waals surface area contributed by atoms with Gasteiger partial charge in [-0.05, 0) is 30.4 Å². The molecule has 0 unspecified atom stereocenters. The first kappa shape index (κ1) is 21.0. The molecule has 3 atom stereocenters. The number of halogens is 1. The van der Waals surface area contributed by atoms with Crippen LogP contribution in [0.4, 0.5) is 4.79 Å².